The Hall–Kier alpha value is -2.08. The van der Waals surface area contributed by atoms with Gasteiger partial charge in [-0.25, -0.2) is 4.79 Å². The molecule has 3 amide bonds. The number of nitrogens with zero attached hydrogens (tertiary/aromatic N) is 1. The number of primary amides is 1. The van der Waals surface area contributed by atoms with E-state index in [1.807, 2.05) is 23.1 Å². The number of nitrogens with one attached hydrogen (secondary N) is 2. The molecule has 4 N–H and O–H groups in total. The molecule has 2 rings (SSSR count). The molecular formula is C15H22N4O2. The Morgan fingerprint density at radius 3 is 2.86 bits per heavy atom. The van der Waals surface area contributed by atoms with Crippen molar-refractivity contribution in [3.05, 3.63) is 29.8 Å². The molecule has 1 heterocycles. The molecule has 0 spiro atoms. The SMILES string of the molecule is CCCNC1CCN(CC(=O)NC(N)=O)c2ccccc21. The number of hydrogen-bond acceptors (Lipinski definition) is 4. The average molecular weight is 290 g/mol. The normalized spacial score (nSPS) is 17.2. The van der Waals surface area contributed by atoms with Crippen LogP contribution in [-0.4, -0.2) is 31.6 Å². The third-order valence-corrected chi connectivity index (χ3v) is 3.58. The van der Waals surface area contributed by atoms with Gasteiger partial charge in [0.15, 0.2) is 0 Å². The van der Waals surface area contributed by atoms with Gasteiger partial charge in [0.2, 0.25) is 5.91 Å². The number of imide groups is 1. The summed E-state index contributed by atoms with van der Waals surface area (Å²) in [5.41, 5.74) is 7.21. The smallest absolute Gasteiger partial charge is 0.318 e. The molecule has 6 heteroatoms. The Balaban J connectivity index is 2.11. The molecule has 1 aliphatic rings. The lowest BCUT2D eigenvalue weighted by atomic mass is 9.96. The maximum Gasteiger partial charge on any atom is 0.318 e. The van der Waals surface area contributed by atoms with Gasteiger partial charge in [0, 0.05) is 18.3 Å². The van der Waals surface area contributed by atoms with Crippen LogP contribution in [0.3, 0.4) is 0 Å². The zero-order valence-corrected chi connectivity index (χ0v) is 12.3. The van der Waals surface area contributed by atoms with E-state index in [4.69, 9.17) is 5.73 Å². The fourth-order valence-corrected chi connectivity index (χ4v) is 2.68. The molecule has 0 fully saturated rings. The number of carbonyl (C=O) groups excluding carboxylic acids is 2. The molecule has 1 aliphatic heterocycles. The predicted octanol–water partition coefficient (Wildman–Crippen LogP) is 1.13. The van der Waals surface area contributed by atoms with Crippen molar-refractivity contribution in [1.82, 2.24) is 10.6 Å². The summed E-state index contributed by atoms with van der Waals surface area (Å²) in [6, 6.07) is 7.56. The molecule has 0 aromatic heterocycles. The van der Waals surface area contributed by atoms with Crippen LogP contribution >= 0.6 is 0 Å². The van der Waals surface area contributed by atoms with Crippen LogP contribution in [0.4, 0.5) is 10.5 Å². The van der Waals surface area contributed by atoms with Gasteiger partial charge < -0.3 is 16.0 Å². The Kier molecular flexibility index (Phi) is 5.16. The second kappa shape index (κ2) is 7.08. The monoisotopic (exact) mass is 290 g/mol. The molecule has 1 aromatic carbocycles. The summed E-state index contributed by atoms with van der Waals surface area (Å²) in [6.45, 7) is 4.02. The van der Waals surface area contributed by atoms with E-state index in [9.17, 15) is 9.59 Å². The van der Waals surface area contributed by atoms with Crippen LogP contribution in [0, 0.1) is 0 Å². The number of rotatable bonds is 5. The molecule has 1 aromatic rings. The number of hydrogen-bond donors (Lipinski definition) is 3. The summed E-state index contributed by atoms with van der Waals surface area (Å²) < 4.78 is 0. The summed E-state index contributed by atoms with van der Waals surface area (Å²) in [4.78, 5) is 24.4. The minimum atomic E-state index is -0.812. The Morgan fingerprint density at radius 1 is 1.38 bits per heavy atom. The van der Waals surface area contributed by atoms with Gasteiger partial charge in [-0.15, -0.1) is 0 Å². The summed E-state index contributed by atoms with van der Waals surface area (Å²) >= 11 is 0. The maximum absolute atomic E-state index is 11.7. The molecule has 21 heavy (non-hydrogen) atoms. The molecule has 0 saturated carbocycles. The largest absolute Gasteiger partial charge is 0.362 e. The van der Waals surface area contributed by atoms with Crippen molar-refractivity contribution >= 4 is 17.6 Å². The van der Waals surface area contributed by atoms with Gasteiger partial charge in [-0.05, 0) is 31.0 Å². The molecule has 1 unspecified atom stereocenters. The summed E-state index contributed by atoms with van der Waals surface area (Å²) in [5.74, 6) is -0.378. The number of amides is 3. The zero-order chi connectivity index (χ0) is 15.2. The van der Waals surface area contributed by atoms with Gasteiger partial charge in [-0.3, -0.25) is 10.1 Å². The lowest BCUT2D eigenvalue weighted by molar-refractivity contribution is -0.118. The van der Waals surface area contributed by atoms with Crippen LogP contribution in [-0.2, 0) is 4.79 Å². The molecule has 114 valence electrons. The maximum atomic E-state index is 11.7. The van der Waals surface area contributed by atoms with E-state index in [1.54, 1.807) is 0 Å². The number of carbonyl (C=O) groups is 2. The fraction of sp³-hybridized carbons (Fsp3) is 0.467. The van der Waals surface area contributed by atoms with Crippen molar-refractivity contribution < 1.29 is 9.59 Å². The minimum absolute atomic E-state index is 0.139. The average Bonchev–Trinajstić information content (AvgIpc) is 2.45. The first kappa shape index (κ1) is 15.3. The first-order valence-electron chi connectivity index (χ1n) is 7.28. The van der Waals surface area contributed by atoms with Crippen molar-refractivity contribution in [3.8, 4) is 0 Å². The van der Waals surface area contributed by atoms with E-state index < -0.39 is 6.03 Å². The highest BCUT2D eigenvalue weighted by Gasteiger charge is 2.25. The number of nitrogens with two attached hydrogens (primary N) is 1. The van der Waals surface area contributed by atoms with E-state index in [0.29, 0.717) is 6.04 Å². The van der Waals surface area contributed by atoms with Gasteiger partial charge in [0.25, 0.3) is 0 Å². The highest BCUT2D eigenvalue weighted by atomic mass is 16.2. The number of para-hydroxylation sites is 1. The van der Waals surface area contributed by atoms with E-state index >= 15 is 0 Å². The van der Waals surface area contributed by atoms with Crippen molar-refractivity contribution in [3.63, 3.8) is 0 Å². The number of urea groups is 1. The van der Waals surface area contributed by atoms with Crippen molar-refractivity contribution in [2.24, 2.45) is 5.73 Å². The van der Waals surface area contributed by atoms with E-state index in [1.165, 1.54) is 5.56 Å². The lowest BCUT2D eigenvalue weighted by Crippen LogP contribution is -2.45. The molecule has 0 bridgehead atoms. The van der Waals surface area contributed by atoms with Crippen molar-refractivity contribution in [1.29, 1.82) is 0 Å². The lowest BCUT2D eigenvalue weighted by Gasteiger charge is -2.35. The second-order valence-electron chi connectivity index (χ2n) is 5.19. The third kappa shape index (κ3) is 3.95. The van der Waals surface area contributed by atoms with E-state index in [0.717, 1.165) is 31.6 Å². The van der Waals surface area contributed by atoms with Crippen molar-refractivity contribution in [2.75, 3.05) is 24.5 Å². The van der Waals surface area contributed by atoms with Crippen LogP contribution in [0.25, 0.3) is 0 Å². The minimum Gasteiger partial charge on any atom is -0.362 e. The van der Waals surface area contributed by atoms with Crippen LogP contribution < -0.4 is 21.3 Å². The van der Waals surface area contributed by atoms with Gasteiger partial charge in [-0.1, -0.05) is 25.1 Å². The zero-order valence-electron chi connectivity index (χ0n) is 12.3. The molecule has 0 aliphatic carbocycles. The Bertz CT molecular complexity index is 518. The number of fused-ring (bicyclic) bond motifs is 1. The van der Waals surface area contributed by atoms with Crippen LogP contribution in [0.1, 0.15) is 31.4 Å². The summed E-state index contributed by atoms with van der Waals surface area (Å²) in [5, 5.41) is 5.64. The highest BCUT2D eigenvalue weighted by Crippen LogP contribution is 2.33. The second-order valence-corrected chi connectivity index (χ2v) is 5.19. The molecule has 0 radical (unpaired) electrons. The van der Waals surface area contributed by atoms with Crippen LogP contribution in [0.2, 0.25) is 0 Å². The predicted molar refractivity (Wildman–Crippen MR) is 82.0 cm³/mol. The van der Waals surface area contributed by atoms with E-state index in [2.05, 4.69) is 23.6 Å². The Morgan fingerprint density at radius 2 is 2.14 bits per heavy atom. The van der Waals surface area contributed by atoms with Gasteiger partial charge in [-0.2, -0.15) is 0 Å². The number of anilines is 1. The molecule has 1 atom stereocenters. The Labute approximate surface area is 124 Å². The molecule has 0 saturated heterocycles. The van der Waals surface area contributed by atoms with Crippen LogP contribution in [0.5, 0.6) is 0 Å². The standard InChI is InChI=1S/C15H22N4O2/c1-2-8-17-12-7-9-19(10-14(20)18-15(16)21)13-6-4-3-5-11(12)13/h3-6,12,17H,2,7-10H2,1H3,(H3,16,18,20,21). The topological polar surface area (TPSA) is 87.5 Å². The van der Waals surface area contributed by atoms with Crippen LogP contribution in [0.15, 0.2) is 24.3 Å². The fourth-order valence-electron chi connectivity index (χ4n) is 2.68. The quantitative estimate of drug-likeness (QED) is 0.758. The highest BCUT2D eigenvalue weighted by molar-refractivity contribution is 5.95. The first-order chi connectivity index (χ1) is 10.1. The van der Waals surface area contributed by atoms with Gasteiger partial charge in [0.1, 0.15) is 0 Å². The van der Waals surface area contributed by atoms with E-state index in [-0.39, 0.29) is 12.5 Å². The van der Waals surface area contributed by atoms with Gasteiger partial charge >= 0.3 is 6.03 Å². The molecular weight excluding hydrogens is 268 g/mol. The van der Waals surface area contributed by atoms with Gasteiger partial charge in [0.05, 0.1) is 6.54 Å². The number of benzene rings is 1. The summed E-state index contributed by atoms with van der Waals surface area (Å²) in [7, 11) is 0. The molecule has 6 nitrogen and oxygen atoms in total. The first-order valence-corrected chi connectivity index (χ1v) is 7.28. The van der Waals surface area contributed by atoms with Crippen molar-refractivity contribution in [2.45, 2.75) is 25.8 Å². The summed E-state index contributed by atoms with van der Waals surface area (Å²) in [6.07, 6.45) is 2.02. The third-order valence-electron chi connectivity index (χ3n) is 3.58.